The predicted molar refractivity (Wildman–Crippen MR) is 118 cm³/mol. The number of ether oxygens (including phenoxy) is 2. The van der Waals surface area contributed by atoms with Crippen molar-refractivity contribution in [2.24, 2.45) is 5.41 Å². The van der Waals surface area contributed by atoms with Gasteiger partial charge in [-0.1, -0.05) is 35.1 Å². The van der Waals surface area contributed by atoms with E-state index in [1.54, 1.807) is 38.1 Å². The summed E-state index contributed by atoms with van der Waals surface area (Å²) >= 11 is 0. The largest absolute Gasteiger partial charge is 0.462 e. The van der Waals surface area contributed by atoms with Gasteiger partial charge in [-0.15, -0.1) is 9.35 Å². The van der Waals surface area contributed by atoms with Crippen LogP contribution in [-0.4, -0.2) is 57.1 Å². The van der Waals surface area contributed by atoms with E-state index in [9.17, 15) is 35.9 Å². The molecule has 0 spiro atoms. The topological polar surface area (TPSA) is 133 Å². The third-order valence-corrected chi connectivity index (χ3v) is 5.35. The van der Waals surface area contributed by atoms with Gasteiger partial charge in [0.2, 0.25) is 0 Å². The molecule has 1 aliphatic heterocycles. The number of halogens is 2. The van der Waals surface area contributed by atoms with Crippen LogP contribution in [0.3, 0.4) is 0 Å². The molecule has 0 aromatic heterocycles. The second-order valence-electron chi connectivity index (χ2n) is 7.81. The minimum absolute atomic E-state index is 0.0337. The fourth-order valence-electron chi connectivity index (χ4n) is 2.83. The fraction of sp³-hybridized carbons (Fsp3) is 0.364. The molecule has 0 bridgehead atoms. The zero-order valence-corrected chi connectivity index (χ0v) is 19.9. The normalized spacial score (nSPS) is 13.2. The van der Waals surface area contributed by atoms with Crippen LogP contribution in [0, 0.1) is 5.41 Å². The first-order valence-corrected chi connectivity index (χ1v) is 11.6. The molecule has 10 nitrogen and oxygen atoms in total. The highest BCUT2D eigenvalue weighted by atomic mass is 32.3. The summed E-state index contributed by atoms with van der Waals surface area (Å²) in [6.07, 6.45) is 0.663. The number of benzene rings is 2. The zero-order chi connectivity index (χ0) is 26.4. The first-order chi connectivity index (χ1) is 16.3. The molecular formula is C22H23F2NO9S. The smallest absolute Gasteiger partial charge is 0.459 e. The number of alkyl halides is 1. The molecule has 35 heavy (non-hydrogen) atoms. The van der Waals surface area contributed by atoms with Crippen molar-refractivity contribution in [2.75, 3.05) is 19.9 Å². The highest BCUT2D eigenvalue weighted by Crippen LogP contribution is 2.30. The number of imide groups is 1. The van der Waals surface area contributed by atoms with Crippen LogP contribution >= 0.6 is 0 Å². The highest BCUT2D eigenvalue weighted by molar-refractivity contribution is 7.81. The molecule has 190 valence electrons. The van der Waals surface area contributed by atoms with Crippen molar-refractivity contribution >= 4 is 45.0 Å². The number of nitrogens with zero attached hydrogens (tertiary/aromatic N) is 1. The van der Waals surface area contributed by atoms with Gasteiger partial charge in [-0.2, -0.15) is 8.42 Å². The Balaban J connectivity index is 0.000000260. The van der Waals surface area contributed by atoms with E-state index in [4.69, 9.17) is 4.74 Å². The van der Waals surface area contributed by atoms with E-state index in [2.05, 4.69) is 9.02 Å². The minimum Gasteiger partial charge on any atom is -0.462 e. The van der Waals surface area contributed by atoms with E-state index < -0.39 is 40.4 Å². The second-order valence-corrected chi connectivity index (χ2v) is 8.74. The molecular weight excluding hydrogens is 492 g/mol. The Kier molecular flexibility index (Phi) is 8.99. The molecule has 3 rings (SSSR count). The monoisotopic (exact) mass is 515 g/mol. The Morgan fingerprint density at radius 3 is 1.94 bits per heavy atom. The molecule has 0 unspecified atom stereocenters. The van der Waals surface area contributed by atoms with Gasteiger partial charge in [0.05, 0.1) is 16.5 Å². The zero-order valence-electron chi connectivity index (χ0n) is 19.1. The Labute approximate surface area is 200 Å². The number of esters is 2. The molecule has 2 amide bonds. The van der Waals surface area contributed by atoms with Crippen LogP contribution in [-0.2, 0) is 33.9 Å². The summed E-state index contributed by atoms with van der Waals surface area (Å²) in [5.41, 5.74) is -0.396. The first-order valence-electron chi connectivity index (χ1n) is 10.3. The Morgan fingerprint density at radius 2 is 1.49 bits per heavy atom. The summed E-state index contributed by atoms with van der Waals surface area (Å²) in [4.78, 5) is 45.8. The highest BCUT2D eigenvalue weighted by Gasteiger charge is 2.37. The van der Waals surface area contributed by atoms with Crippen molar-refractivity contribution in [1.29, 1.82) is 0 Å². The summed E-state index contributed by atoms with van der Waals surface area (Å²) in [6.45, 7) is 4.12. The molecule has 2 aromatic rings. The van der Waals surface area contributed by atoms with Crippen LogP contribution < -0.4 is 0 Å². The van der Waals surface area contributed by atoms with Crippen LogP contribution in [0.25, 0.3) is 10.8 Å². The molecule has 2 aromatic carbocycles. The number of carbonyl (C=O) groups excluding carboxylic acids is 4. The van der Waals surface area contributed by atoms with E-state index in [-0.39, 0.29) is 35.4 Å². The number of carbonyl (C=O) groups is 4. The van der Waals surface area contributed by atoms with Gasteiger partial charge >= 0.3 is 22.4 Å². The number of rotatable bonds is 8. The summed E-state index contributed by atoms with van der Waals surface area (Å²) in [5, 5.41) is 0.942. The maximum Gasteiger partial charge on any atom is 0.459 e. The lowest BCUT2D eigenvalue weighted by atomic mass is 9.91. The van der Waals surface area contributed by atoms with Crippen molar-refractivity contribution in [2.45, 2.75) is 27.2 Å². The molecule has 0 radical (unpaired) electrons. The molecule has 0 aliphatic carbocycles. The summed E-state index contributed by atoms with van der Waals surface area (Å²) in [6, 6.07) is 9.34. The average molecular weight is 515 g/mol. The Hall–Kier alpha value is -3.45. The van der Waals surface area contributed by atoms with Gasteiger partial charge < -0.3 is 9.47 Å². The van der Waals surface area contributed by atoms with E-state index in [0.29, 0.717) is 17.2 Å². The fourth-order valence-corrected chi connectivity index (χ4v) is 3.15. The molecule has 0 saturated carbocycles. The lowest BCUT2D eigenvalue weighted by Gasteiger charge is -2.23. The lowest BCUT2D eigenvalue weighted by Crippen LogP contribution is -2.41. The molecule has 0 atom stereocenters. The van der Waals surface area contributed by atoms with Crippen LogP contribution in [0.15, 0.2) is 36.4 Å². The quantitative estimate of drug-likeness (QED) is 0.225. The molecule has 0 fully saturated rings. The van der Waals surface area contributed by atoms with Gasteiger partial charge in [0.25, 0.3) is 11.8 Å². The summed E-state index contributed by atoms with van der Waals surface area (Å²) in [7, 11) is -5.48. The standard InChI is InChI=1S/C12H6FNO5S.C10H17FO4/c13-20(17,18)19-14-11(15)8-5-1-3-7-4-2-6-9(10(7)8)12(14)16;1-4-10(2,3)9(13)15-6-5-14-8(12)7-11/h1-6H;4-7H2,1-3H3. The minimum atomic E-state index is -5.48. The predicted octanol–water partition coefficient (Wildman–Crippen LogP) is 3.06. The Bertz CT molecular complexity index is 1190. The first kappa shape index (κ1) is 27.8. The lowest BCUT2D eigenvalue weighted by molar-refractivity contribution is -0.159. The number of hydroxylamine groups is 2. The van der Waals surface area contributed by atoms with Crippen LogP contribution in [0.5, 0.6) is 0 Å². The molecule has 1 aliphatic rings. The molecule has 13 heteroatoms. The second kappa shape index (κ2) is 11.3. The maximum atomic E-state index is 12.6. The van der Waals surface area contributed by atoms with Gasteiger partial charge in [0.15, 0.2) is 6.67 Å². The maximum absolute atomic E-state index is 12.6. The summed E-state index contributed by atoms with van der Waals surface area (Å²) < 4.78 is 58.3. The number of hydrogen-bond donors (Lipinski definition) is 0. The number of hydrogen-bond acceptors (Lipinski definition) is 9. The van der Waals surface area contributed by atoms with E-state index in [1.807, 2.05) is 6.92 Å². The SMILES string of the molecule is CCC(C)(C)C(=O)OCCOC(=O)CF.O=C1c2cccc3cccc(c23)C(=O)N1OS(=O)(=O)F. The van der Waals surface area contributed by atoms with Crippen molar-refractivity contribution < 1.29 is 49.6 Å². The van der Waals surface area contributed by atoms with E-state index in [0.717, 1.165) is 0 Å². The van der Waals surface area contributed by atoms with Crippen LogP contribution in [0.1, 0.15) is 47.9 Å². The van der Waals surface area contributed by atoms with Crippen molar-refractivity contribution in [3.63, 3.8) is 0 Å². The van der Waals surface area contributed by atoms with Gasteiger partial charge in [0, 0.05) is 5.39 Å². The average Bonchev–Trinajstić information content (AvgIpc) is 2.82. The third kappa shape index (κ3) is 7.02. The third-order valence-electron chi connectivity index (χ3n) is 5.02. The van der Waals surface area contributed by atoms with Crippen molar-refractivity contribution in [3.8, 4) is 0 Å². The summed E-state index contributed by atoms with van der Waals surface area (Å²) in [5.74, 6) is -3.34. The van der Waals surface area contributed by atoms with Gasteiger partial charge in [-0.25, -0.2) is 9.18 Å². The van der Waals surface area contributed by atoms with Gasteiger partial charge in [-0.3, -0.25) is 14.4 Å². The van der Waals surface area contributed by atoms with Gasteiger partial charge in [-0.05, 0) is 37.8 Å². The number of amides is 2. The van der Waals surface area contributed by atoms with Crippen LogP contribution in [0.2, 0.25) is 0 Å². The van der Waals surface area contributed by atoms with E-state index >= 15 is 0 Å². The van der Waals surface area contributed by atoms with E-state index in [1.165, 1.54) is 12.1 Å². The Morgan fingerprint density at radius 1 is 0.971 bits per heavy atom. The molecule has 0 saturated heterocycles. The molecule has 0 N–H and O–H groups in total. The van der Waals surface area contributed by atoms with Crippen LogP contribution in [0.4, 0.5) is 8.28 Å². The van der Waals surface area contributed by atoms with Gasteiger partial charge in [0.1, 0.15) is 13.2 Å². The molecule has 1 heterocycles. The van der Waals surface area contributed by atoms with Crippen molar-refractivity contribution in [1.82, 2.24) is 5.06 Å². The van der Waals surface area contributed by atoms with Crippen molar-refractivity contribution in [3.05, 3.63) is 47.5 Å².